The summed E-state index contributed by atoms with van der Waals surface area (Å²) < 4.78 is 37.1. The Morgan fingerprint density at radius 2 is 2.06 bits per heavy atom. The zero-order valence-corrected chi connectivity index (χ0v) is 9.47. The predicted octanol–water partition coefficient (Wildman–Crippen LogP) is 0.192. The summed E-state index contributed by atoms with van der Waals surface area (Å²) in [6, 6.07) is 0. The van der Waals surface area contributed by atoms with Crippen LogP contribution in [0.4, 0.5) is 13.2 Å². The Balaban J connectivity index is 4.11. The van der Waals surface area contributed by atoms with Crippen molar-refractivity contribution in [2.45, 2.75) is 13.1 Å². The van der Waals surface area contributed by atoms with Crippen molar-refractivity contribution in [1.29, 1.82) is 0 Å². The molecule has 0 aliphatic carbocycles. The van der Waals surface area contributed by atoms with Gasteiger partial charge in [0, 0.05) is 19.6 Å². The topological polar surface area (TPSA) is 58.4 Å². The monoisotopic (exact) mass is 241 g/mol. The van der Waals surface area contributed by atoms with Crippen molar-refractivity contribution in [2.75, 3.05) is 33.2 Å². The fraction of sp³-hybridized carbons (Fsp3) is 0.889. The molecule has 1 atom stereocenters. The second-order valence-corrected chi connectivity index (χ2v) is 3.62. The predicted molar refractivity (Wildman–Crippen MR) is 54.8 cm³/mol. The molecule has 3 N–H and O–H groups in total. The first-order chi connectivity index (χ1) is 7.31. The van der Waals surface area contributed by atoms with Crippen molar-refractivity contribution < 1.29 is 18.0 Å². The number of nitrogens with zero attached hydrogens (tertiary/aromatic N) is 1. The number of hydrogen-bond donors (Lipinski definition) is 2. The van der Waals surface area contributed by atoms with Gasteiger partial charge in [0.1, 0.15) is 0 Å². The first-order valence-electron chi connectivity index (χ1n) is 5.03. The molecule has 0 aromatic carbocycles. The highest BCUT2D eigenvalue weighted by Gasteiger charge is 2.39. The van der Waals surface area contributed by atoms with Gasteiger partial charge in [-0.3, -0.25) is 9.69 Å². The minimum absolute atomic E-state index is 0.0551. The van der Waals surface area contributed by atoms with Crippen LogP contribution in [0.1, 0.15) is 6.92 Å². The molecule has 96 valence electrons. The van der Waals surface area contributed by atoms with Gasteiger partial charge in [-0.15, -0.1) is 0 Å². The molecule has 0 rings (SSSR count). The number of amides is 1. The van der Waals surface area contributed by atoms with E-state index in [1.807, 2.05) is 0 Å². The maximum absolute atomic E-state index is 12.4. The summed E-state index contributed by atoms with van der Waals surface area (Å²) in [6.45, 7) is 1.42. The summed E-state index contributed by atoms with van der Waals surface area (Å²) in [5, 5.41) is 2.51. The summed E-state index contributed by atoms with van der Waals surface area (Å²) in [7, 11) is 1.46. The Morgan fingerprint density at radius 3 is 2.44 bits per heavy atom. The van der Waals surface area contributed by atoms with Crippen LogP contribution in [0.3, 0.4) is 0 Å². The molecule has 0 aromatic heterocycles. The largest absolute Gasteiger partial charge is 0.394 e. The van der Waals surface area contributed by atoms with Crippen molar-refractivity contribution in [3.05, 3.63) is 0 Å². The quantitative estimate of drug-likeness (QED) is 0.698. The van der Waals surface area contributed by atoms with E-state index in [1.165, 1.54) is 11.9 Å². The van der Waals surface area contributed by atoms with Crippen LogP contribution in [0, 0.1) is 5.92 Å². The molecule has 0 bridgehead atoms. The highest BCUT2D eigenvalue weighted by atomic mass is 19.4. The van der Waals surface area contributed by atoms with Crippen LogP contribution in [-0.2, 0) is 4.79 Å². The number of carbonyl (C=O) groups is 1. The molecular formula is C9H18F3N3O. The van der Waals surface area contributed by atoms with Crippen molar-refractivity contribution in [3.63, 3.8) is 0 Å². The molecule has 0 radical (unpaired) electrons. The number of nitrogens with two attached hydrogens (primary N) is 1. The SMILES string of the molecule is CCNC(=O)CN(C)CC(CN)C(F)(F)F. The molecule has 0 aliphatic heterocycles. The first kappa shape index (κ1) is 15.2. The molecule has 0 aromatic rings. The fourth-order valence-corrected chi connectivity index (χ4v) is 1.25. The third kappa shape index (κ3) is 5.92. The van der Waals surface area contributed by atoms with E-state index in [-0.39, 0.29) is 19.0 Å². The smallest absolute Gasteiger partial charge is 0.355 e. The van der Waals surface area contributed by atoms with Crippen LogP contribution >= 0.6 is 0 Å². The fourth-order valence-electron chi connectivity index (χ4n) is 1.25. The van der Waals surface area contributed by atoms with E-state index in [4.69, 9.17) is 5.73 Å². The molecule has 4 nitrogen and oxygen atoms in total. The lowest BCUT2D eigenvalue weighted by Gasteiger charge is -2.24. The first-order valence-corrected chi connectivity index (χ1v) is 5.03. The minimum Gasteiger partial charge on any atom is -0.355 e. The van der Waals surface area contributed by atoms with E-state index in [1.54, 1.807) is 6.92 Å². The lowest BCUT2D eigenvalue weighted by molar-refractivity contribution is -0.175. The summed E-state index contributed by atoms with van der Waals surface area (Å²) in [4.78, 5) is 12.4. The average molecular weight is 241 g/mol. The van der Waals surface area contributed by atoms with E-state index in [9.17, 15) is 18.0 Å². The number of nitrogens with one attached hydrogen (secondary N) is 1. The molecule has 1 unspecified atom stereocenters. The lowest BCUT2D eigenvalue weighted by atomic mass is 10.1. The molecule has 0 saturated carbocycles. The van der Waals surface area contributed by atoms with Crippen LogP contribution in [0.5, 0.6) is 0 Å². The maximum Gasteiger partial charge on any atom is 0.394 e. The van der Waals surface area contributed by atoms with Crippen LogP contribution in [0.25, 0.3) is 0 Å². The van der Waals surface area contributed by atoms with Crippen molar-refractivity contribution >= 4 is 5.91 Å². The summed E-state index contributed by atoms with van der Waals surface area (Å²) in [6.07, 6.45) is -4.32. The normalized spacial score (nSPS) is 13.9. The highest BCUT2D eigenvalue weighted by Crippen LogP contribution is 2.25. The van der Waals surface area contributed by atoms with Gasteiger partial charge in [0.2, 0.25) is 5.91 Å². The molecule has 1 amide bonds. The number of halogens is 3. The van der Waals surface area contributed by atoms with Crippen LogP contribution in [0.15, 0.2) is 0 Å². The molecule has 0 fully saturated rings. The highest BCUT2D eigenvalue weighted by molar-refractivity contribution is 5.77. The Bertz CT molecular complexity index is 221. The molecule has 16 heavy (non-hydrogen) atoms. The molecular weight excluding hydrogens is 223 g/mol. The number of likely N-dealkylation sites (N-methyl/N-ethyl adjacent to an activating group) is 2. The van der Waals surface area contributed by atoms with Gasteiger partial charge in [0.05, 0.1) is 12.5 Å². The van der Waals surface area contributed by atoms with E-state index in [2.05, 4.69) is 5.32 Å². The Kier molecular flexibility index (Phi) is 6.35. The van der Waals surface area contributed by atoms with Crippen molar-refractivity contribution in [1.82, 2.24) is 10.2 Å². The van der Waals surface area contributed by atoms with Gasteiger partial charge < -0.3 is 11.1 Å². The van der Waals surface area contributed by atoms with Gasteiger partial charge in [-0.25, -0.2) is 0 Å². The minimum atomic E-state index is -4.32. The second kappa shape index (κ2) is 6.70. The van der Waals surface area contributed by atoms with Gasteiger partial charge >= 0.3 is 6.18 Å². The zero-order valence-electron chi connectivity index (χ0n) is 9.47. The zero-order chi connectivity index (χ0) is 12.8. The van der Waals surface area contributed by atoms with Crippen molar-refractivity contribution in [2.24, 2.45) is 11.7 Å². The van der Waals surface area contributed by atoms with E-state index < -0.39 is 18.6 Å². The molecule has 7 heteroatoms. The van der Waals surface area contributed by atoms with Crippen LogP contribution in [0.2, 0.25) is 0 Å². The Hall–Kier alpha value is -0.820. The molecule has 0 spiro atoms. The van der Waals surface area contributed by atoms with Crippen LogP contribution in [-0.4, -0.2) is 50.2 Å². The number of carbonyl (C=O) groups excluding carboxylic acids is 1. The van der Waals surface area contributed by atoms with Gasteiger partial charge in [-0.05, 0) is 14.0 Å². The van der Waals surface area contributed by atoms with E-state index in [0.717, 1.165) is 0 Å². The average Bonchev–Trinajstić information content (AvgIpc) is 2.12. The third-order valence-electron chi connectivity index (χ3n) is 2.07. The van der Waals surface area contributed by atoms with Gasteiger partial charge in [0.25, 0.3) is 0 Å². The van der Waals surface area contributed by atoms with Crippen molar-refractivity contribution in [3.8, 4) is 0 Å². The summed E-state index contributed by atoms with van der Waals surface area (Å²) in [5.41, 5.74) is 5.05. The van der Waals surface area contributed by atoms with Gasteiger partial charge in [-0.2, -0.15) is 13.2 Å². The Labute approximate surface area is 93.0 Å². The second-order valence-electron chi connectivity index (χ2n) is 3.62. The summed E-state index contributed by atoms with van der Waals surface area (Å²) >= 11 is 0. The van der Waals surface area contributed by atoms with Gasteiger partial charge in [-0.1, -0.05) is 0 Å². The molecule has 0 heterocycles. The number of hydrogen-bond acceptors (Lipinski definition) is 3. The number of alkyl halides is 3. The standard InChI is InChI=1S/C9H18F3N3O/c1-3-14-8(16)6-15(2)5-7(4-13)9(10,11)12/h7H,3-6,13H2,1-2H3,(H,14,16). The lowest BCUT2D eigenvalue weighted by Crippen LogP contribution is -2.43. The molecule has 0 saturated heterocycles. The molecule has 0 aliphatic rings. The third-order valence-corrected chi connectivity index (χ3v) is 2.07. The van der Waals surface area contributed by atoms with Crippen LogP contribution < -0.4 is 11.1 Å². The Morgan fingerprint density at radius 1 is 1.50 bits per heavy atom. The number of rotatable bonds is 6. The maximum atomic E-state index is 12.4. The van der Waals surface area contributed by atoms with E-state index in [0.29, 0.717) is 6.54 Å². The van der Waals surface area contributed by atoms with E-state index >= 15 is 0 Å². The van der Waals surface area contributed by atoms with Gasteiger partial charge in [0.15, 0.2) is 0 Å². The summed E-state index contributed by atoms with van der Waals surface area (Å²) in [5.74, 6) is -1.88.